The Hall–Kier alpha value is -5.57. The van der Waals surface area contributed by atoms with E-state index in [4.69, 9.17) is 27.8 Å². The number of aromatic nitrogens is 3. The predicted molar refractivity (Wildman–Crippen MR) is 271 cm³/mol. The zero-order valence-corrected chi connectivity index (χ0v) is 41.0. The molecule has 5 heteroatoms. The molecule has 0 aliphatic carbocycles. The van der Waals surface area contributed by atoms with Gasteiger partial charge in [0.15, 0.2) is 0 Å². The second-order valence-corrected chi connectivity index (χ2v) is 19.6. The molecule has 8 rings (SSSR count). The van der Waals surface area contributed by atoms with Gasteiger partial charge in [-0.25, -0.2) is 4.98 Å². The molecule has 0 fully saturated rings. The molecule has 1 N–H and O–H groups in total. The Morgan fingerprint density at radius 1 is 0.631 bits per heavy atom. The summed E-state index contributed by atoms with van der Waals surface area (Å²) in [6, 6.07) is 33.6. The summed E-state index contributed by atoms with van der Waals surface area (Å²) in [4.78, 5) is 10.2. The summed E-state index contributed by atoms with van der Waals surface area (Å²) in [5.74, 6) is 0.637. The van der Waals surface area contributed by atoms with E-state index in [1.807, 2.05) is 67.6 Å². The number of aromatic hydroxyl groups is 1. The van der Waals surface area contributed by atoms with Gasteiger partial charge in [0, 0.05) is 50.9 Å². The second kappa shape index (κ2) is 17.7. The van der Waals surface area contributed by atoms with Gasteiger partial charge in [-0.1, -0.05) is 179 Å². The number of benzene rings is 6. The van der Waals surface area contributed by atoms with Crippen molar-refractivity contribution in [1.29, 1.82) is 0 Å². The molecule has 0 bridgehead atoms. The van der Waals surface area contributed by atoms with Crippen molar-refractivity contribution in [1.82, 2.24) is 14.5 Å². The summed E-state index contributed by atoms with van der Waals surface area (Å²) >= 11 is 0. The number of phenols is 1. The molecule has 336 valence electrons. The number of hydrogen-bond acceptors (Lipinski definition) is 3. The number of aryl methyl sites for hydroxylation is 1. The number of hydrogen-bond donors (Lipinski definition) is 1. The molecule has 4 nitrogen and oxygen atoms in total. The van der Waals surface area contributed by atoms with Crippen molar-refractivity contribution < 1.29 is 44.0 Å². The molecule has 0 saturated carbocycles. The maximum absolute atomic E-state index is 12.1. The summed E-state index contributed by atoms with van der Waals surface area (Å²) in [5, 5.41) is 12.1. The van der Waals surface area contributed by atoms with Crippen LogP contribution in [0.4, 0.5) is 0 Å². The van der Waals surface area contributed by atoms with Gasteiger partial charge in [-0.2, -0.15) is 0 Å². The van der Waals surface area contributed by atoms with E-state index >= 15 is 0 Å². The molecule has 0 unspecified atom stereocenters. The molecule has 0 spiro atoms. The quantitative estimate of drug-likeness (QED) is 0.154. The largest absolute Gasteiger partial charge is 0.507 e. The number of pyridine rings is 1. The Kier molecular flexibility index (Phi) is 8.97. The van der Waals surface area contributed by atoms with Crippen LogP contribution in [0.25, 0.3) is 72.7 Å². The van der Waals surface area contributed by atoms with E-state index < -0.39 is 61.1 Å². The maximum atomic E-state index is 12.1. The van der Waals surface area contributed by atoms with Crippen molar-refractivity contribution in [2.45, 2.75) is 118 Å². The molecule has 0 atom stereocenters. The number of para-hydroxylation sites is 1. The number of fused-ring (bicyclic) bond motifs is 1. The third-order valence-electron chi connectivity index (χ3n) is 12.4. The Labute approximate surface area is 420 Å². The summed E-state index contributed by atoms with van der Waals surface area (Å²) in [7, 11) is 0. The second-order valence-electron chi connectivity index (χ2n) is 19.6. The molecule has 2 heterocycles. The number of imidazole rings is 1. The van der Waals surface area contributed by atoms with Crippen LogP contribution in [0.3, 0.4) is 0 Å². The maximum Gasteiger partial charge on any atom is 0.148 e. The minimum Gasteiger partial charge on any atom is -0.507 e. The first-order valence-corrected chi connectivity index (χ1v) is 21.8. The fraction of sp³-hybridized carbons (Fsp3) is 0.300. The van der Waals surface area contributed by atoms with Crippen LogP contribution < -0.4 is 0 Å². The topological polar surface area (TPSA) is 50.9 Å². The third kappa shape index (κ3) is 9.43. The molecule has 0 radical (unpaired) electrons. The SMILES string of the molecule is [2H]c1c([2H])c(C(C([2H])([2H])[2H])(C([2H])([2H])[2H])C([2H])([2H])[2H])c([2H])c([2H])c1-c1ccnc(-c2[c-]c(-c3cccc4c3nc(-c3cc(C(C)(C)C)cc(C)c3O)n4-c3ccc(C(C)(C)CC)cc3-c3ccccc3)cc(C(C)(C)C)c2)c1.[Pt]. The Balaban J connectivity index is 0.00000882. The monoisotopic (exact) mass is 1050 g/mol. The number of nitrogens with zero attached hydrogens (tertiary/aromatic N) is 3. The van der Waals surface area contributed by atoms with Crippen molar-refractivity contribution in [2.75, 3.05) is 0 Å². The molecular weight excluding hydrogens is 974 g/mol. The van der Waals surface area contributed by atoms with E-state index in [1.54, 1.807) is 6.07 Å². The Bertz CT molecular complexity index is 3540. The average molecular weight is 1050 g/mol. The van der Waals surface area contributed by atoms with E-state index in [0.717, 1.165) is 45.4 Å². The van der Waals surface area contributed by atoms with Gasteiger partial charge in [-0.15, -0.1) is 29.3 Å². The van der Waals surface area contributed by atoms with Gasteiger partial charge in [-0.05, 0) is 104 Å². The molecule has 0 aliphatic rings. The minimum atomic E-state index is -3.81. The van der Waals surface area contributed by atoms with E-state index in [2.05, 4.69) is 103 Å². The molecule has 0 amide bonds. The number of phenolic OH excluding ortho intramolecular Hbond substituents is 1. The Morgan fingerprint density at radius 3 is 1.95 bits per heavy atom. The average Bonchev–Trinajstić information content (AvgIpc) is 3.89. The molecule has 8 aromatic rings. The van der Waals surface area contributed by atoms with E-state index in [1.165, 1.54) is 17.8 Å². The van der Waals surface area contributed by atoms with Crippen LogP contribution in [0.5, 0.6) is 5.75 Å². The van der Waals surface area contributed by atoms with E-state index in [-0.39, 0.29) is 48.8 Å². The van der Waals surface area contributed by atoms with Crippen molar-refractivity contribution in [2.24, 2.45) is 0 Å². The van der Waals surface area contributed by atoms with E-state index in [0.29, 0.717) is 39.3 Å². The molecular formula is C60H64N3OPt-. The Morgan fingerprint density at radius 2 is 1.29 bits per heavy atom. The molecule has 6 aromatic carbocycles. The molecule has 0 aliphatic heterocycles. The summed E-state index contributed by atoms with van der Waals surface area (Å²) < 4.78 is 113. The van der Waals surface area contributed by atoms with Crippen LogP contribution in [-0.2, 0) is 42.7 Å². The van der Waals surface area contributed by atoms with Crippen LogP contribution in [0.15, 0.2) is 133 Å². The van der Waals surface area contributed by atoms with Gasteiger partial charge < -0.3 is 5.11 Å². The fourth-order valence-electron chi connectivity index (χ4n) is 7.99. The standard InChI is InChI=1S/C60H64N3O.Pt/c1-14-60(12,13)45-27-28-52(49(36-45)40-19-16-15-17-20-40)63-53-22-18-21-48(54(53)62-56(63)50-37-46(58(6,7)8)31-38(2)55(50)64)42-32-43(34-47(33-42)59(9,10)11)51-35-41(29-30-61-51)39-23-25-44(26-24-39)57(3,4)5;/h15-31,33-37,64H,14H2,1-13H3;/q-1;/i3D3,4D3,5D3,23D,24D,25D,26D;. The summed E-state index contributed by atoms with van der Waals surface area (Å²) in [6.45, 7) is 9.74. The van der Waals surface area contributed by atoms with Crippen LogP contribution in [0.2, 0.25) is 0 Å². The predicted octanol–water partition coefficient (Wildman–Crippen LogP) is 16.1. The molecule has 65 heavy (non-hydrogen) atoms. The van der Waals surface area contributed by atoms with E-state index in [9.17, 15) is 5.11 Å². The smallest absolute Gasteiger partial charge is 0.148 e. The first kappa shape index (κ1) is 33.0. The summed E-state index contributed by atoms with van der Waals surface area (Å²) in [6.07, 6.45) is 2.34. The van der Waals surface area contributed by atoms with Gasteiger partial charge in [-0.3, -0.25) is 9.55 Å². The van der Waals surface area contributed by atoms with Crippen LogP contribution in [0, 0.1) is 13.0 Å². The fourth-order valence-corrected chi connectivity index (χ4v) is 7.99. The third-order valence-corrected chi connectivity index (χ3v) is 12.4. The van der Waals surface area contributed by atoms with Crippen molar-refractivity contribution in [3.8, 4) is 67.5 Å². The van der Waals surface area contributed by atoms with Crippen molar-refractivity contribution in [3.05, 3.63) is 167 Å². The zero-order chi connectivity index (χ0) is 56.9. The normalized spacial score (nSPS) is 15.9. The van der Waals surface area contributed by atoms with Gasteiger partial charge >= 0.3 is 0 Å². The van der Waals surface area contributed by atoms with Crippen molar-refractivity contribution >= 4 is 11.0 Å². The first-order valence-electron chi connectivity index (χ1n) is 28.3. The van der Waals surface area contributed by atoms with Crippen LogP contribution in [0.1, 0.15) is 135 Å². The summed E-state index contributed by atoms with van der Waals surface area (Å²) in [5.41, 5.74) is 4.75. The first-order chi connectivity index (χ1) is 35.6. The number of rotatable bonds is 8. The molecule has 0 saturated heterocycles. The van der Waals surface area contributed by atoms with Gasteiger partial charge in [0.2, 0.25) is 0 Å². The van der Waals surface area contributed by atoms with Crippen molar-refractivity contribution in [3.63, 3.8) is 0 Å². The van der Waals surface area contributed by atoms with Crippen LogP contribution in [-0.4, -0.2) is 19.6 Å². The zero-order valence-electron chi connectivity index (χ0n) is 51.7. The van der Waals surface area contributed by atoms with Gasteiger partial charge in [0.05, 0.1) is 27.8 Å². The molecule has 2 aromatic heterocycles. The minimum absolute atomic E-state index is 0. The van der Waals surface area contributed by atoms with Crippen LogP contribution >= 0.6 is 0 Å². The van der Waals surface area contributed by atoms with Gasteiger partial charge in [0.1, 0.15) is 11.6 Å². The van der Waals surface area contributed by atoms with Gasteiger partial charge in [0.25, 0.3) is 0 Å².